The van der Waals surface area contributed by atoms with E-state index in [1.54, 1.807) is 6.07 Å². The van der Waals surface area contributed by atoms with Gasteiger partial charge in [-0.05, 0) is 13.3 Å². The van der Waals surface area contributed by atoms with Crippen LogP contribution < -0.4 is 10.6 Å². The van der Waals surface area contributed by atoms with Crippen LogP contribution in [-0.4, -0.2) is 21.7 Å². The van der Waals surface area contributed by atoms with Crippen molar-refractivity contribution >= 4 is 17.6 Å². The van der Waals surface area contributed by atoms with Crippen molar-refractivity contribution in [2.45, 2.75) is 20.3 Å². The molecule has 0 radical (unpaired) electrons. The minimum Gasteiger partial charge on any atom is -0.370 e. The Morgan fingerprint density at radius 1 is 1.04 bits per heavy atom. The van der Waals surface area contributed by atoms with Crippen LogP contribution in [0.1, 0.15) is 19.1 Å². The lowest BCUT2D eigenvalue weighted by atomic mass is 10.1. The standard InChI is InChI=1S/C17H19N5O/c1-3-9-18-15-11-14(13-7-5-4-6-8-13)19-17(20-15)21-16-10-12(2)23-22-16/h4-8,10-11H,3,9H2,1-2H3,(H2,18,19,20,21,22). The van der Waals surface area contributed by atoms with E-state index in [1.165, 1.54) is 0 Å². The molecule has 0 bridgehead atoms. The Kier molecular flexibility index (Phi) is 4.52. The van der Waals surface area contributed by atoms with Gasteiger partial charge in [-0.25, -0.2) is 4.98 Å². The molecule has 3 aromatic rings. The third kappa shape index (κ3) is 3.85. The van der Waals surface area contributed by atoms with E-state index in [9.17, 15) is 0 Å². The first-order chi connectivity index (χ1) is 11.2. The van der Waals surface area contributed by atoms with Crippen LogP contribution in [-0.2, 0) is 0 Å². The van der Waals surface area contributed by atoms with Crippen molar-refractivity contribution in [2.75, 3.05) is 17.2 Å². The monoisotopic (exact) mass is 309 g/mol. The van der Waals surface area contributed by atoms with Gasteiger partial charge in [-0.3, -0.25) is 0 Å². The predicted molar refractivity (Wildman–Crippen MR) is 90.8 cm³/mol. The molecule has 0 aliphatic rings. The molecule has 6 nitrogen and oxygen atoms in total. The zero-order valence-electron chi connectivity index (χ0n) is 13.2. The van der Waals surface area contributed by atoms with Gasteiger partial charge in [0.15, 0.2) is 5.82 Å². The summed E-state index contributed by atoms with van der Waals surface area (Å²) in [5, 5.41) is 10.3. The minimum atomic E-state index is 0.484. The van der Waals surface area contributed by atoms with Gasteiger partial charge in [-0.2, -0.15) is 4.98 Å². The molecule has 0 spiro atoms. The fraction of sp³-hybridized carbons (Fsp3) is 0.235. The number of anilines is 3. The first-order valence-corrected chi connectivity index (χ1v) is 7.63. The lowest BCUT2D eigenvalue weighted by Gasteiger charge is -2.09. The van der Waals surface area contributed by atoms with Crippen LogP contribution in [0.3, 0.4) is 0 Å². The van der Waals surface area contributed by atoms with E-state index < -0.39 is 0 Å². The highest BCUT2D eigenvalue weighted by Crippen LogP contribution is 2.23. The highest BCUT2D eigenvalue weighted by molar-refractivity contribution is 5.65. The summed E-state index contributed by atoms with van der Waals surface area (Å²) in [6.45, 7) is 4.81. The minimum absolute atomic E-state index is 0.484. The molecule has 0 saturated heterocycles. The van der Waals surface area contributed by atoms with Gasteiger partial charge in [0.1, 0.15) is 11.6 Å². The highest BCUT2D eigenvalue weighted by Gasteiger charge is 2.08. The Balaban J connectivity index is 1.94. The third-order valence-electron chi connectivity index (χ3n) is 3.22. The molecule has 1 aromatic carbocycles. The summed E-state index contributed by atoms with van der Waals surface area (Å²) in [6.07, 6.45) is 1.02. The lowest BCUT2D eigenvalue weighted by molar-refractivity contribution is 0.400. The average molecular weight is 309 g/mol. The maximum atomic E-state index is 5.06. The molecule has 0 aliphatic carbocycles. The predicted octanol–water partition coefficient (Wildman–Crippen LogP) is 4.01. The van der Waals surface area contributed by atoms with Crippen LogP contribution in [0.15, 0.2) is 47.0 Å². The third-order valence-corrected chi connectivity index (χ3v) is 3.22. The molecule has 2 N–H and O–H groups in total. The van der Waals surface area contributed by atoms with Crippen LogP contribution >= 0.6 is 0 Å². The summed E-state index contributed by atoms with van der Waals surface area (Å²) in [7, 11) is 0. The number of aromatic nitrogens is 3. The molecule has 0 aliphatic heterocycles. The number of nitrogens with zero attached hydrogens (tertiary/aromatic N) is 3. The molecular weight excluding hydrogens is 290 g/mol. The van der Waals surface area contributed by atoms with Crippen LogP contribution in [0.5, 0.6) is 0 Å². The summed E-state index contributed by atoms with van der Waals surface area (Å²) in [6, 6.07) is 13.8. The van der Waals surface area contributed by atoms with E-state index in [0.717, 1.165) is 35.8 Å². The van der Waals surface area contributed by atoms with Crippen molar-refractivity contribution in [3.8, 4) is 11.3 Å². The molecule has 0 unspecified atom stereocenters. The topological polar surface area (TPSA) is 75.9 Å². The molecule has 2 aromatic heterocycles. The van der Waals surface area contributed by atoms with Crippen LogP contribution in [0, 0.1) is 6.92 Å². The summed E-state index contributed by atoms with van der Waals surface area (Å²) in [5.74, 6) is 2.59. The van der Waals surface area contributed by atoms with E-state index in [0.29, 0.717) is 11.8 Å². The summed E-state index contributed by atoms with van der Waals surface area (Å²) in [4.78, 5) is 9.06. The van der Waals surface area contributed by atoms with Crippen molar-refractivity contribution < 1.29 is 4.52 Å². The first kappa shape index (κ1) is 15.0. The first-order valence-electron chi connectivity index (χ1n) is 7.63. The van der Waals surface area contributed by atoms with Crippen LogP contribution in [0.25, 0.3) is 11.3 Å². The van der Waals surface area contributed by atoms with Gasteiger partial charge in [0.2, 0.25) is 5.95 Å². The Hall–Kier alpha value is -2.89. The molecule has 0 fully saturated rings. The number of hydrogen-bond acceptors (Lipinski definition) is 6. The number of nitrogens with one attached hydrogen (secondary N) is 2. The number of benzene rings is 1. The van der Waals surface area contributed by atoms with Crippen molar-refractivity contribution in [1.29, 1.82) is 0 Å². The Morgan fingerprint density at radius 2 is 1.87 bits per heavy atom. The average Bonchev–Trinajstić information content (AvgIpc) is 2.98. The zero-order chi connectivity index (χ0) is 16.1. The van der Waals surface area contributed by atoms with Crippen LogP contribution in [0.2, 0.25) is 0 Å². The fourth-order valence-corrected chi connectivity index (χ4v) is 2.14. The molecule has 0 amide bonds. The molecule has 6 heteroatoms. The van der Waals surface area contributed by atoms with Crippen LogP contribution in [0.4, 0.5) is 17.6 Å². The van der Waals surface area contributed by atoms with E-state index in [-0.39, 0.29) is 0 Å². The second-order valence-corrected chi connectivity index (χ2v) is 5.20. The van der Waals surface area contributed by atoms with Gasteiger partial charge in [-0.1, -0.05) is 42.4 Å². The van der Waals surface area contributed by atoms with Crippen molar-refractivity contribution in [1.82, 2.24) is 15.1 Å². The summed E-state index contributed by atoms with van der Waals surface area (Å²) >= 11 is 0. The molecule has 118 valence electrons. The number of hydrogen-bond donors (Lipinski definition) is 2. The van der Waals surface area contributed by atoms with Gasteiger partial charge in [0, 0.05) is 24.2 Å². The van der Waals surface area contributed by atoms with Gasteiger partial charge >= 0.3 is 0 Å². The van der Waals surface area contributed by atoms with E-state index in [1.807, 2.05) is 43.3 Å². The molecule has 2 heterocycles. The van der Waals surface area contributed by atoms with E-state index >= 15 is 0 Å². The van der Waals surface area contributed by atoms with E-state index in [4.69, 9.17) is 4.52 Å². The maximum Gasteiger partial charge on any atom is 0.231 e. The smallest absolute Gasteiger partial charge is 0.231 e. The van der Waals surface area contributed by atoms with E-state index in [2.05, 4.69) is 32.7 Å². The van der Waals surface area contributed by atoms with Gasteiger partial charge in [0.05, 0.1) is 5.69 Å². The molecular formula is C17H19N5O. The Bertz CT molecular complexity index is 770. The zero-order valence-corrected chi connectivity index (χ0v) is 13.2. The quantitative estimate of drug-likeness (QED) is 0.716. The molecule has 23 heavy (non-hydrogen) atoms. The molecule has 3 rings (SSSR count). The Labute approximate surface area is 135 Å². The summed E-state index contributed by atoms with van der Waals surface area (Å²) in [5.41, 5.74) is 1.88. The van der Waals surface area contributed by atoms with Gasteiger partial charge in [-0.15, -0.1) is 0 Å². The number of rotatable bonds is 6. The normalized spacial score (nSPS) is 10.5. The van der Waals surface area contributed by atoms with Crippen molar-refractivity contribution in [3.63, 3.8) is 0 Å². The highest BCUT2D eigenvalue weighted by atomic mass is 16.5. The van der Waals surface area contributed by atoms with Crippen molar-refractivity contribution in [2.24, 2.45) is 0 Å². The molecule has 0 saturated carbocycles. The van der Waals surface area contributed by atoms with Crippen molar-refractivity contribution in [3.05, 3.63) is 48.2 Å². The van der Waals surface area contributed by atoms with Gasteiger partial charge in [0.25, 0.3) is 0 Å². The molecule has 0 atom stereocenters. The lowest BCUT2D eigenvalue weighted by Crippen LogP contribution is -2.06. The van der Waals surface area contributed by atoms with Gasteiger partial charge < -0.3 is 15.2 Å². The largest absolute Gasteiger partial charge is 0.370 e. The second kappa shape index (κ2) is 6.91. The summed E-state index contributed by atoms with van der Waals surface area (Å²) < 4.78 is 5.06. The SMILES string of the molecule is CCCNc1cc(-c2ccccc2)nc(Nc2cc(C)on2)n1. The fourth-order valence-electron chi connectivity index (χ4n) is 2.14. The second-order valence-electron chi connectivity index (χ2n) is 5.20. The number of aryl methyl sites for hydroxylation is 1. The maximum absolute atomic E-state index is 5.06. The Morgan fingerprint density at radius 3 is 2.57 bits per heavy atom.